The number of hydrogen-bond donors (Lipinski definition) is 0. The molecule has 218 valence electrons. The fourth-order valence-corrected chi connectivity index (χ4v) is 9.71. The molecule has 0 aliphatic carbocycles. The van der Waals surface area contributed by atoms with Crippen LogP contribution in [-0.2, 0) is 4.57 Å². The molecule has 0 bridgehead atoms. The van der Waals surface area contributed by atoms with E-state index in [9.17, 15) is 0 Å². The van der Waals surface area contributed by atoms with Gasteiger partial charge in [-0.3, -0.25) is 4.98 Å². The van der Waals surface area contributed by atoms with Gasteiger partial charge >= 0.3 is 0 Å². The van der Waals surface area contributed by atoms with Crippen LogP contribution in [0.2, 0.25) is 0 Å². The van der Waals surface area contributed by atoms with Gasteiger partial charge in [-0.15, -0.1) is 0 Å². The molecular formula is C41H26NO3P. The molecule has 0 spiro atoms. The molecule has 0 radical (unpaired) electrons. The first kappa shape index (κ1) is 26.7. The Morgan fingerprint density at radius 3 is 1.67 bits per heavy atom. The summed E-state index contributed by atoms with van der Waals surface area (Å²) in [6.45, 7) is 0. The van der Waals surface area contributed by atoms with E-state index in [0.29, 0.717) is 38.9 Å². The summed E-state index contributed by atoms with van der Waals surface area (Å²) in [5.41, 5.74) is 7.94. The topological polar surface area (TPSA) is 48.4 Å². The number of aromatic nitrogens is 1. The Balaban J connectivity index is 1.30. The number of fused-ring (bicyclic) bond motifs is 4. The molecule has 1 unspecified atom stereocenters. The van der Waals surface area contributed by atoms with Crippen molar-refractivity contribution < 1.29 is 14.0 Å². The average molecular weight is 612 g/mol. The fraction of sp³-hybridized carbons (Fsp3) is 0. The van der Waals surface area contributed by atoms with Crippen LogP contribution in [0.4, 0.5) is 0 Å². The molecule has 2 aliphatic rings. The zero-order valence-electron chi connectivity index (χ0n) is 24.6. The molecule has 5 heteroatoms. The lowest BCUT2D eigenvalue weighted by Gasteiger charge is -2.36. The Morgan fingerprint density at radius 2 is 1.02 bits per heavy atom. The number of rotatable bonds is 4. The Kier molecular flexibility index (Phi) is 6.06. The maximum Gasteiger partial charge on any atom is 0.185 e. The lowest BCUT2D eigenvalue weighted by Crippen LogP contribution is -2.35. The summed E-state index contributed by atoms with van der Waals surface area (Å²) in [6, 6.07) is 48.6. The second kappa shape index (κ2) is 10.4. The monoisotopic (exact) mass is 611 g/mol. The van der Waals surface area contributed by atoms with Crippen molar-refractivity contribution in [2.24, 2.45) is 0 Å². The Morgan fingerprint density at radius 1 is 0.457 bits per heavy atom. The van der Waals surface area contributed by atoms with Gasteiger partial charge in [0.25, 0.3) is 0 Å². The Labute approximate surface area is 266 Å². The van der Waals surface area contributed by atoms with Gasteiger partial charge in [0.05, 0.1) is 10.6 Å². The van der Waals surface area contributed by atoms with Crippen molar-refractivity contribution in [2.45, 2.75) is 0 Å². The van der Waals surface area contributed by atoms with E-state index in [-0.39, 0.29) is 0 Å². The highest BCUT2D eigenvalue weighted by molar-refractivity contribution is 7.86. The van der Waals surface area contributed by atoms with Gasteiger partial charge in [-0.05, 0) is 81.9 Å². The van der Waals surface area contributed by atoms with E-state index in [1.165, 1.54) is 0 Å². The van der Waals surface area contributed by atoms with E-state index >= 15 is 4.57 Å². The highest BCUT2D eigenvalue weighted by atomic mass is 31.2. The lowest BCUT2D eigenvalue weighted by atomic mass is 9.99. The zero-order chi connectivity index (χ0) is 30.7. The summed E-state index contributed by atoms with van der Waals surface area (Å²) in [5.74, 6) is 2.32. The van der Waals surface area contributed by atoms with Gasteiger partial charge in [0, 0.05) is 23.5 Å². The molecule has 0 saturated carbocycles. The molecule has 9 rings (SSSR count). The highest BCUT2D eigenvalue weighted by Gasteiger charge is 2.47. The predicted molar refractivity (Wildman–Crippen MR) is 186 cm³/mol. The van der Waals surface area contributed by atoms with Crippen LogP contribution >= 0.6 is 7.14 Å². The van der Waals surface area contributed by atoms with Crippen LogP contribution in [0.1, 0.15) is 0 Å². The van der Waals surface area contributed by atoms with Crippen molar-refractivity contribution in [1.29, 1.82) is 0 Å². The van der Waals surface area contributed by atoms with Gasteiger partial charge in [0.15, 0.2) is 7.14 Å². The van der Waals surface area contributed by atoms with Gasteiger partial charge in [0.2, 0.25) is 0 Å². The van der Waals surface area contributed by atoms with Crippen molar-refractivity contribution in [3.63, 3.8) is 0 Å². The summed E-state index contributed by atoms with van der Waals surface area (Å²) in [7, 11) is -3.49. The molecule has 2 aliphatic heterocycles. The molecule has 0 fully saturated rings. The first-order chi connectivity index (χ1) is 22.7. The summed E-state index contributed by atoms with van der Waals surface area (Å²) >= 11 is 0. The van der Waals surface area contributed by atoms with E-state index in [0.717, 1.165) is 44.5 Å². The third-order valence-electron chi connectivity index (χ3n) is 8.82. The predicted octanol–water partition coefficient (Wildman–Crippen LogP) is 9.60. The van der Waals surface area contributed by atoms with E-state index in [1.54, 1.807) is 6.20 Å². The van der Waals surface area contributed by atoms with Crippen molar-refractivity contribution in [3.05, 3.63) is 158 Å². The summed E-state index contributed by atoms with van der Waals surface area (Å²) < 4.78 is 29.5. The molecule has 46 heavy (non-hydrogen) atoms. The molecule has 1 atom stereocenters. The second-order valence-corrected chi connectivity index (χ2v) is 14.2. The van der Waals surface area contributed by atoms with E-state index in [2.05, 4.69) is 47.4 Å². The average Bonchev–Trinajstić information content (AvgIpc) is 3.13. The van der Waals surface area contributed by atoms with Crippen molar-refractivity contribution in [2.75, 3.05) is 0 Å². The van der Waals surface area contributed by atoms with E-state index in [4.69, 9.17) is 9.47 Å². The minimum atomic E-state index is -3.49. The molecule has 3 heterocycles. The summed E-state index contributed by atoms with van der Waals surface area (Å²) in [5, 5.41) is 1.96. The van der Waals surface area contributed by atoms with E-state index in [1.807, 2.05) is 109 Å². The highest BCUT2D eigenvalue weighted by Crippen LogP contribution is 2.60. The fourth-order valence-electron chi connectivity index (χ4n) is 6.58. The third kappa shape index (κ3) is 4.15. The standard InChI is InChI=1S/C41H26NO3P/c43-46-38-24-30(27-9-3-1-4-10-27)16-19-35(38)44-37-21-18-34(32-14-7-13-29(23-32)33-15-8-22-42-26-33)40(41(37)46)45-36-20-17-31(25-39(36)46)28-11-5-2-6-12-28/h1-26H. The Bertz CT molecular complexity index is 2280. The number of ether oxygens (including phenoxy) is 2. The van der Waals surface area contributed by atoms with Crippen molar-refractivity contribution in [1.82, 2.24) is 4.98 Å². The van der Waals surface area contributed by atoms with Crippen LogP contribution in [0.25, 0.3) is 44.5 Å². The smallest absolute Gasteiger partial charge is 0.185 e. The van der Waals surface area contributed by atoms with Gasteiger partial charge in [0.1, 0.15) is 28.3 Å². The summed E-state index contributed by atoms with van der Waals surface area (Å²) in [4.78, 5) is 4.31. The van der Waals surface area contributed by atoms with Crippen molar-refractivity contribution >= 4 is 23.1 Å². The van der Waals surface area contributed by atoms with E-state index < -0.39 is 7.14 Å². The zero-order valence-corrected chi connectivity index (χ0v) is 25.5. The Hall–Kier alpha value is -5.70. The maximum atomic E-state index is 16.2. The van der Waals surface area contributed by atoms with Crippen LogP contribution in [0, 0.1) is 0 Å². The quantitative estimate of drug-likeness (QED) is 0.186. The molecule has 4 nitrogen and oxygen atoms in total. The van der Waals surface area contributed by atoms with Crippen LogP contribution < -0.4 is 25.4 Å². The van der Waals surface area contributed by atoms with Crippen molar-refractivity contribution in [3.8, 4) is 67.5 Å². The molecule has 0 N–H and O–H groups in total. The molecular weight excluding hydrogens is 585 g/mol. The largest absolute Gasteiger partial charge is 0.456 e. The van der Waals surface area contributed by atoms with Crippen LogP contribution in [0.5, 0.6) is 23.0 Å². The number of hydrogen-bond acceptors (Lipinski definition) is 4. The normalized spacial score (nSPS) is 15.5. The molecule has 0 amide bonds. The maximum absolute atomic E-state index is 16.2. The van der Waals surface area contributed by atoms with Crippen LogP contribution in [0.15, 0.2) is 158 Å². The number of nitrogens with zero attached hydrogens (tertiary/aromatic N) is 1. The first-order valence-electron chi connectivity index (χ1n) is 15.2. The summed E-state index contributed by atoms with van der Waals surface area (Å²) in [6.07, 6.45) is 3.63. The van der Waals surface area contributed by atoms with Gasteiger partial charge in [-0.1, -0.05) is 97.1 Å². The van der Waals surface area contributed by atoms with Gasteiger partial charge < -0.3 is 14.0 Å². The van der Waals surface area contributed by atoms with Gasteiger partial charge in [-0.25, -0.2) is 0 Å². The first-order valence-corrected chi connectivity index (χ1v) is 16.9. The third-order valence-corrected chi connectivity index (χ3v) is 11.9. The minimum Gasteiger partial charge on any atom is -0.456 e. The van der Waals surface area contributed by atoms with Crippen LogP contribution in [-0.4, -0.2) is 4.98 Å². The SMILES string of the molecule is O=P12c3cc(-c4ccccc4)ccc3Oc3ccc(-c4cccc(-c5cccnc5)c4)c(c31)Oc1ccc(-c3ccccc3)cc12. The lowest BCUT2D eigenvalue weighted by molar-refractivity contribution is 0.463. The molecule has 1 aromatic heterocycles. The van der Waals surface area contributed by atoms with Crippen LogP contribution in [0.3, 0.4) is 0 Å². The van der Waals surface area contributed by atoms with Gasteiger partial charge in [-0.2, -0.15) is 0 Å². The number of benzene rings is 6. The molecule has 6 aromatic carbocycles. The molecule has 7 aromatic rings. The molecule has 0 saturated heterocycles. The minimum absolute atomic E-state index is 0.557. The number of pyridine rings is 1. The second-order valence-electron chi connectivity index (χ2n) is 11.5.